The summed E-state index contributed by atoms with van der Waals surface area (Å²) in [4.78, 5) is 0. The molecule has 0 radical (unpaired) electrons. The molecule has 1 aromatic carbocycles. The van der Waals surface area contributed by atoms with Gasteiger partial charge in [-0.05, 0) is 44.2 Å². The third-order valence-corrected chi connectivity index (χ3v) is 3.47. The fraction of sp³-hybridized carbons (Fsp3) is 0.571. The zero-order valence-electron chi connectivity index (χ0n) is 9.93. The van der Waals surface area contributed by atoms with E-state index in [9.17, 15) is 0 Å². The molecule has 2 heteroatoms. The molecule has 0 aliphatic carbocycles. The van der Waals surface area contributed by atoms with Crippen LogP contribution in [-0.4, -0.2) is 18.8 Å². The Hall–Kier alpha value is -0.860. The van der Waals surface area contributed by atoms with E-state index in [4.69, 9.17) is 10.5 Å². The van der Waals surface area contributed by atoms with Crippen molar-refractivity contribution in [2.45, 2.75) is 38.4 Å². The van der Waals surface area contributed by atoms with E-state index in [0.29, 0.717) is 18.1 Å². The summed E-state index contributed by atoms with van der Waals surface area (Å²) in [5, 5.41) is 0. The molecule has 2 N–H and O–H groups in total. The molecule has 1 aliphatic rings. The molecule has 0 aromatic heterocycles. The lowest BCUT2D eigenvalue weighted by Crippen LogP contribution is -2.14. The fourth-order valence-electron chi connectivity index (χ4n) is 2.54. The molecule has 2 rings (SSSR count). The Labute approximate surface area is 97.8 Å². The lowest BCUT2D eigenvalue weighted by atomic mass is 9.92. The van der Waals surface area contributed by atoms with Crippen LogP contribution in [0.5, 0.6) is 0 Å². The summed E-state index contributed by atoms with van der Waals surface area (Å²) in [7, 11) is 0. The lowest BCUT2D eigenvalue weighted by Gasteiger charge is -2.13. The summed E-state index contributed by atoms with van der Waals surface area (Å²) in [6.45, 7) is 2.92. The van der Waals surface area contributed by atoms with Crippen molar-refractivity contribution in [2.24, 2.45) is 11.7 Å². The first-order valence-corrected chi connectivity index (χ1v) is 6.19. The van der Waals surface area contributed by atoms with Crippen molar-refractivity contribution in [1.29, 1.82) is 0 Å². The first-order valence-electron chi connectivity index (χ1n) is 6.19. The highest BCUT2D eigenvalue weighted by Gasteiger charge is 2.31. The highest BCUT2D eigenvalue weighted by Crippen LogP contribution is 2.30. The minimum atomic E-state index is 0.372. The second kappa shape index (κ2) is 5.46. The van der Waals surface area contributed by atoms with Gasteiger partial charge in [-0.2, -0.15) is 0 Å². The molecule has 1 aliphatic heterocycles. The van der Waals surface area contributed by atoms with E-state index in [-0.39, 0.29) is 0 Å². The first-order chi connectivity index (χ1) is 7.79. The van der Waals surface area contributed by atoms with E-state index >= 15 is 0 Å². The predicted molar refractivity (Wildman–Crippen MR) is 66.3 cm³/mol. The van der Waals surface area contributed by atoms with Crippen molar-refractivity contribution < 1.29 is 4.74 Å². The molecule has 2 nitrogen and oxygen atoms in total. The Morgan fingerprint density at radius 2 is 2.06 bits per heavy atom. The number of hydrogen-bond donors (Lipinski definition) is 1. The molecule has 3 atom stereocenters. The highest BCUT2D eigenvalue weighted by atomic mass is 16.5. The molecule has 0 amide bonds. The van der Waals surface area contributed by atoms with Crippen molar-refractivity contribution >= 4 is 0 Å². The molecule has 0 bridgehead atoms. The van der Waals surface area contributed by atoms with Gasteiger partial charge >= 0.3 is 0 Å². The molecule has 0 saturated carbocycles. The summed E-state index contributed by atoms with van der Waals surface area (Å²) in [6.07, 6.45) is 4.04. The van der Waals surface area contributed by atoms with Gasteiger partial charge in [-0.25, -0.2) is 0 Å². The minimum Gasteiger partial charge on any atom is -0.375 e. The largest absolute Gasteiger partial charge is 0.375 e. The van der Waals surface area contributed by atoms with Gasteiger partial charge in [0.1, 0.15) is 0 Å². The van der Waals surface area contributed by atoms with Crippen LogP contribution in [-0.2, 0) is 11.2 Å². The van der Waals surface area contributed by atoms with Gasteiger partial charge in [0, 0.05) is 0 Å². The molecule has 1 saturated heterocycles. The monoisotopic (exact) mass is 219 g/mol. The fourth-order valence-corrected chi connectivity index (χ4v) is 2.54. The third kappa shape index (κ3) is 2.83. The second-order valence-electron chi connectivity index (χ2n) is 4.73. The standard InChI is InChI=1S/C14H21NO/c1-11-13(10-14(16-11)7-8-15)9-12-5-3-2-4-6-12/h2-6,11,13-14H,7-10,15H2,1H3/t11-,13+,14-/m1/s1. The maximum absolute atomic E-state index is 5.91. The van der Waals surface area contributed by atoms with Crippen LogP contribution in [0.3, 0.4) is 0 Å². The van der Waals surface area contributed by atoms with Gasteiger partial charge in [0.25, 0.3) is 0 Å². The smallest absolute Gasteiger partial charge is 0.0594 e. The Balaban J connectivity index is 1.91. The minimum absolute atomic E-state index is 0.372. The van der Waals surface area contributed by atoms with E-state index < -0.39 is 0 Å². The molecule has 0 unspecified atom stereocenters. The van der Waals surface area contributed by atoms with Gasteiger partial charge in [-0.15, -0.1) is 0 Å². The number of benzene rings is 1. The third-order valence-electron chi connectivity index (χ3n) is 3.47. The Kier molecular flexibility index (Phi) is 3.97. The second-order valence-corrected chi connectivity index (χ2v) is 4.73. The number of rotatable bonds is 4. The van der Waals surface area contributed by atoms with Gasteiger partial charge in [0.05, 0.1) is 12.2 Å². The molecule has 1 fully saturated rings. The van der Waals surface area contributed by atoms with Gasteiger partial charge in [0.2, 0.25) is 0 Å². The first kappa shape index (κ1) is 11.6. The highest BCUT2D eigenvalue weighted by molar-refractivity contribution is 5.15. The van der Waals surface area contributed by atoms with Crippen LogP contribution in [0.25, 0.3) is 0 Å². The summed E-state index contributed by atoms with van der Waals surface area (Å²) in [5.74, 6) is 0.652. The van der Waals surface area contributed by atoms with Crippen LogP contribution in [0.4, 0.5) is 0 Å². The number of nitrogens with two attached hydrogens (primary N) is 1. The van der Waals surface area contributed by atoms with Crippen LogP contribution >= 0.6 is 0 Å². The molecular weight excluding hydrogens is 198 g/mol. The van der Waals surface area contributed by atoms with Gasteiger partial charge in [-0.3, -0.25) is 0 Å². The predicted octanol–water partition coefficient (Wildman–Crippen LogP) is 2.37. The topological polar surface area (TPSA) is 35.2 Å². The van der Waals surface area contributed by atoms with Crippen LogP contribution in [0.1, 0.15) is 25.3 Å². The molecule has 0 spiro atoms. The van der Waals surface area contributed by atoms with Gasteiger partial charge in [-0.1, -0.05) is 30.3 Å². The van der Waals surface area contributed by atoms with E-state index in [2.05, 4.69) is 37.3 Å². The molecular formula is C14H21NO. The van der Waals surface area contributed by atoms with Crippen molar-refractivity contribution in [3.05, 3.63) is 35.9 Å². The van der Waals surface area contributed by atoms with Crippen molar-refractivity contribution in [3.8, 4) is 0 Å². The lowest BCUT2D eigenvalue weighted by molar-refractivity contribution is 0.0430. The quantitative estimate of drug-likeness (QED) is 0.843. The molecule has 1 aromatic rings. The average molecular weight is 219 g/mol. The number of hydrogen-bond acceptors (Lipinski definition) is 2. The van der Waals surface area contributed by atoms with Crippen molar-refractivity contribution in [1.82, 2.24) is 0 Å². The normalized spacial score (nSPS) is 29.5. The van der Waals surface area contributed by atoms with Gasteiger partial charge < -0.3 is 10.5 Å². The maximum Gasteiger partial charge on any atom is 0.0594 e. The van der Waals surface area contributed by atoms with E-state index in [1.54, 1.807) is 0 Å². The van der Waals surface area contributed by atoms with Crippen molar-refractivity contribution in [2.75, 3.05) is 6.54 Å². The van der Waals surface area contributed by atoms with Gasteiger partial charge in [0.15, 0.2) is 0 Å². The SMILES string of the molecule is C[C@H]1O[C@H](CCN)C[C@@H]1Cc1ccccc1. The van der Waals surface area contributed by atoms with E-state index in [0.717, 1.165) is 25.8 Å². The van der Waals surface area contributed by atoms with E-state index in [1.807, 2.05) is 0 Å². The maximum atomic E-state index is 5.91. The summed E-state index contributed by atoms with van der Waals surface area (Å²) in [5.41, 5.74) is 6.99. The van der Waals surface area contributed by atoms with Crippen molar-refractivity contribution in [3.63, 3.8) is 0 Å². The average Bonchev–Trinajstić information content (AvgIpc) is 2.61. The van der Waals surface area contributed by atoms with Crippen LogP contribution in [0, 0.1) is 5.92 Å². The Morgan fingerprint density at radius 1 is 1.31 bits per heavy atom. The number of ether oxygens (including phenoxy) is 1. The molecule has 16 heavy (non-hydrogen) atoms. The van der Waals surface area contributed by atoms with E-state index in [1.165, 1.54) is 5.56 Å². The molecule has 1 heterocycles. The molecule has 88 valence electrons. The summed E-state index contributed by atoms with van der Waals surface area (Å²) in [6, 6.07) is 10.7. The zero-order chi connectivity index (χ0) is 11.4. The summed E-state index contributed by atoms with van der Waals surface area (Å²) < 4.78 is 5.91. The Bertz CT molecular complexity index is 312. The zero-order valence-corrected chi connectivity index (χ0v) is 9.93. The van der Waals surface area contributed by atoms with Crippen LogP contribution in [0.2, 0.25) is 0 Å². The summed E-state index contributed by atoms with van der Waals surface area (Å²) >= 11 is 0. The van der Waals surface area contributed by atoms with Crippen LogP contribution < -0.4 is 5.73 Å². The van der Waals surface area contributed by atoms with Crippen LogP contribution in [0.15, 0.2) is 30.3 Å². The Morgan fingerprint density at radius 3 is 2.75 bits per heavy atom.